The van der Waals surface area contributed by atoms with Gasteiger partial charge in [0.25, 0.3) is 5.91 Å². The first-order valence-electron chi connectivity index (χ1n) is 8.14. The number of fused-ring (bicyclic) bond motifs is 1. The van der Waals surface area contributed by atoms with Crippen molar-refractivity contribution >= 4 is 27.6 Å². The maximum Gasteiger partial charge on any atom is 0.282 e. The Hall–Kier alpha value is -2.35. The number of rotatable bonds is 3. The number of amides is 1. The second kappa shape index (κ2) is 6.27. The summed E-state index contributed by atoms with van der Waals surface area (Å²) in [5.74, 6) is 1.20. The van der Waals surface area contributed by atoms with Crippen LogP contribution in [-0.2, 0) is 6.54 Å². The fourth-order valence-electron chi connectivity index (χ4n) is 3.19. The molecule has 1 amide bonds. The number of hydrogen-bond acceptors (Lipinski definition) is 6. The van der Waals surface area contributed by atoms with Gasteiger partial charge in [-0.3, -0.25) is 4.79 Å². The van der Waals surface area contributed by atoms with Crippen LogP contribution in [0.3, 0.4) is 0 Å². The third-order valence-electron chi connectivity index (χ3n) is 4.41. The third-order valence-corrected chi connectivity index (χ3v) is 5.38. The molecule has 0 spiro atoms. The van der Waals surface area contributed by atoms with Gasteiger partial charge in [0.2, 0.25) is 0 Å². The quantitative estimate of drug-likeness (QED) is 0.730. The molecule has 0 unspecified atom stereocenters. The molecule has 1 atom stereocenters. The van der Waals surface area contributed by atoms with Gasteiger partial charge in [0.05, 0.1) is 0 Å². The Morgan fingerprint density at radius 1 is 1.46 bits per heavy atom. The van der Waals surface area contributed by atoms with Crippen LogP contribution in [-0.4, -0.2) is 48.6 Å². The third kappa shape index (κ3) is 2.66. The lowest BCUT2D eigenvalue weighted by atomic mass is 9.97. The fourth-order valence-corrected chi connectivity index (χ4v) is 4.07. The van der Waals surface area contributed by atoms with E-state index in [1.54, 1.807) is 12.5 Å². The van der Waals surface area contributed by atoms with Gasteiger partial charge in [-0.2, -0.15) is 0 Å². The number of piperidine rings is 1. The number of carbonyl (C=O) groups is 1. The summed E-state index contributed by atoms with van der Waals surface area (Å²) in [6, 6.07) is 3.73. The average molecular weight is 342 g/mol. The maximum atomic E-state index is 12.8. The van der Waals surface area contributed by atoms with Crippen molar-refractivity contribution in [2.45, 2.75) is 32.2 Å². The highest BCUT2D eigenvalue weighted by atomic mass is 32.1. The monoisotopic (exact) mass is 342 g/mol. The van der Waals surface area contributed by atoms with Gasteiger partial charge < -0.3 is 9.47 Å². The molecule has 1 aliphatic heterocycles. The van der Waals surface area contributed by atoms with Gasteiger partial charge in [-0.25, -0.2) is 9.97 Å². The molecule has 3 aromatic heterocycles. The molecule has 0 aromatic carbocycles. The van der Waals surface area contributed by atoms with Gasteiger partial charge >= 0.3 is 0 Å². The lowest BCUT2D eigenvalue weighted by molar-refractivity contribution is 0.0703. The second-order valence-corrected chi connectivity index (χ2v) is 6.89. The predicted octanol–water partition coefficient (Wildman–Crippen LogP) is 2.32. The van der Waals surface area contributed by atoms with E-state index in [4.69, 9.17) is 0 Å². The van der Waals surface area contributed by atoms with E-state index in [-0.39, 0.29) is 11.8 Å². The summed E-state index contributed by atoms with van der Waals surface area (Å²) < 4.78 is 2.06. The summed E-state index contributed by atoms with van der Waals surface area (Å²) >= 11 is 1.36. The number of thiazole rings is 1. The summed E-state index contributed by atoms with van der Waals surface area (Å²) in [6.45, 7) is 4.35. The molecule has 0 radical (unpaired) electrons. The Morgan fingerprint density at radius 3 is 3.21 bits per heavy atom. The summed E-state index contributed by atoms with van der Waals surface area (Å²) in [4.78, 5) is 24.2. The number of nitrogens with zero attached hydrogens (tertiary/aromatic N) is 6. The standard InChI is InChI=1S/C16H18N6OS/c1-2-21-10-18-20-13(21)11-5-4-8-22(9-11)16(23)15-19-12-6-3-7-17-14(12)24-15/h3,6-7,10-11H,2,4-5,8-9H2,1H3/t11-/m1/s1. The number of pyridine rings is 1. The molecule has 24 heavy (non-hydrogen) atoms. The zero-order valence-corrected chi connectivity index (χ0v) is 14.2. The van der Waals surface area contributed by atoms with E-state index in [1.165, 1.54) is 11.3 Å². The number of aromatic nitrogens is 5. The van der Waals surface area contributed by atoms with Crippen molar-refractivity contribution in [3.63, 3.8) is 0 Å². The summed E-state index contributed by atoms with van der Waals surface area (Å²) in [7, 11) is 0. The number of likely N-dealkylation sites (tertiary alicyclic amines) is 1. The highest BCUT2D eigenvalue weighted by Crippen LogP contribution is 2.28. The van der Waals surface area contributed by atoms with Gasteiger partial charge in [0, 0.05) is 31.7 Å². The molecule has 0 aliphatic carbocycles. The number of aryl methyl sites for hydroxylation is 1. The Kier molecular flexibility index (Phi) is 3.97. The molecule has 4 rings (SSSR count). The molecule has 1 fully saturated rings. The fraction of sp³-hybridized carbons (Fsp3) is 0.438. The zero-order chi connectivity index (χ0) is 16.5. The number of hydrogen-bond donors (Lipinski definition) is 0. The molecule has 0 bridgehead atoms. The lowest BCUT2D eigenvalue weighted by Crippen LogP contribution is -2.39. The highest BCUT2D eigenvalue weighted by molar-refractivity contribution is 7.19. The van der Waals surface area contributed by atoms with Crippen LogP contribution in [0.15, 0.2) is 24.7 Å². The Morgan fingerprint density at radius 2 is 2.38 bits per heavy atom. The molecule has 7 nitrogen and oxygen atoms in total. The normalized spacial score (nSPS) is 18.2. The Balaban J connectivity index is 1.56. The average Bonchev–Trinajstić information content (AvgIpc) is 3.27. The van der Waals surface area contributed by atoms with Gasteiger partial charge in [0.1, 0.15) is 22.5 Å². The molecule has 4 heterocycles. The van der Waals surface area contributed by atoms with Crippen molar-refractivity contribution in [2.75, 3.05) is 13.1 Å². The van der Waals surface area contributed by atoms with E-state index in [0.717, 1.165) is 42.1 Å². The van der Waals surface area contributed by atoms with Crippen LogP contribution in [0.2, 0.25) is 0 Å². The molecule has 1 aliphatic rings. The number of carbonyl (C=O) groups excluding carboxylic acids is 1. The van der Waals surface area contributed by atoms with Crippen LogP contribution in [0.1, 0.15) is 41.3 Å². The predicted molar refractivity (Wildman–Crippen MR) is 91.0 cm³/mol. The second-order valence-electron chi connectivity index (χ2n) is 5.91. The van der Waals surface area contributed by atoms with Crippen LogP contribution < -0.4 is 0 Å². The first kappa shape index (κ1) is 15.2. The van der Waals surface area contributed by atoms with Crippen LogP contribution in [0, 0.1) is 0 Å². The van der Waals surface area contributed by atoms with E-state index in [9.17, 15) is 4.79 Å². The van der Waals surface area contributed by atoms with Crippen molar-refractivity contribution in [1.82, 2.24) is 29.6 Å². The van der Waals surface area contributed by atoms with Crippen LogP contribution >= 0.6 is 11.3 Å². The van der Waals surface area contributed by atoms with E-state index < -0.39 is 0 Å². The highest BCUT2D eigenvalue weighted by Gasteiger charge is 2.29. The molecule has 0 saturated carbocycles. The molecule has 3 aromatic rings. The van der Waals surface area contributed by atoms with Crippen molar-refractivity contribution in [2.24, 2.45) is 0 Å². The van der Waals surface area contributed by atoms with Crippen LogP contribution in [0.25, 0.3) is 10.3 Å². The zero-order valence-electron chi connectivity index (χ0n) is 13.4. The first-order chi connectivity index (χ1) is 11.8. The Labute approximate surface area is 143 Å². The van der Waals surface area contributed by atoms with Crippen molar-refractivity contribution in [3.05, 3.63) is 35.5 Å². The van der Waals surface area contributed by atoms with Crippen molar-refractivity contribution in [1.29, 1.82) is 0 Å². The summed E-state index contributed by atoms with van der Waals surface area (Å²) in [6.07, 6.45) is 5.48. The minimum Gasteiger partial charge on any atom is -0.336 e. The summed E-state index contributed by atoms with van der Waals surface area (Å²) in [5.41, 5.74) is 0.783. The van der Waals surface area contributed by atoms with Gasteiger partial charge in [-0.05, 0) is 31.9 Å². The molecule has 124 valence electrons. The lowest BCUT2D eigenvalue weighted by Gasteiger charge is -2.31. The molecular formula is C16H18N6OS. The van der Waals surface area contributed by atoms with E-state index >= 15 is 0 Å². The van der Waals surface area contributed by atoms with Crippen LogP contribution in [0.5, 0.6) is 0 Å². The molecule has 8 heteroatoms. The molecule has 1 saturated heterocycles. The van der Waals surface area contributed by atoms with Crippen molar-refractivity contribution in [3.8, 4) is 0 Å². The van der Waals surface area contributed by atoms with E-state index in [0.29, 0.717) is 11.6 Å². The summed E-state index contributed by atoms with van der Waals surface area (Å²) in [5, 5.41) is 8.80. The SMILES string of the molecule is CCn1cnnc1[C@@H]1CCCN(C(=O)c2nc3cccnc3s2)C1. The maximum absolute atomic E-state index is 12.8. The minimum atomic E-state index is -0.00902. The topological polar surface area (TPSA) is 76.8 Å². The largest absolute Gasteiger partial charge is 0.336 e. The Bertz CT molecular complexity index is 839. The van der Waals surface area contributed by atoms with Crippen LogP contribution in [0.4, 0.5) is 0 Å². The molecule has 0 N–H and O–H groups in total. The van der Waals surface area contributed by atoms with E-state index in [2.05, 4.69) is 31.7 Å². The molecular weight excluding hydrogens is 324 g/mol. The smallest absolute Gasteiger partial charge is 0.282 e. The minimum absolute atomic E-state index is 0.00902. The van der Waals surface area contributed by atoms with E-state index in [1.807, 2.05) is 17.0 Å². The first-order valence-corrected chi connectivity index (χ1v) is 8.96. The van der Waals surface area contributed by atoms with Gasteiger partial charge in [-0.1, -0.05) is 11.3 Å². The van der Waals surface area contributed by atoms with Gasteiger partial charge in [-0.15, -0.1) is 10.2 Å². The van der Waals surface area contributed by atoms with Gasteiger partial charge in [0.15, 0.2) is 5.01 Å². The van der Waals surface area contributed by atoms with Crippen molar-refractivity contribution < 1.29 is 4.79 Å².